The van der Waals surface area contributed by atoms with E-state index in [4.69, 9.17) is 42.8 Å². The Kier molecular flexibility index (Phi) is 5.91. The quantitative estimate of drug-likeness (QED) is 0.229. The van der Waals surface area contributed by atoms with E-state index in [1.807, 2.05) is 32.9 Å². The van der Waals surface area contributed by atoms with E-state index in [-0.39, 0.29) is 23.0 Å². The van der Waals surface area contributed by atoms with Gasteiger partial charge < -0.3 is 19.6 Å². The van der Waals surface area contributed by atoms with Crippen LogP contribution in [0.2, 0.25) is 10.0 Å². The lowest BCUT2D eigenvalue weighted by Gasteiger charge is -2.27. The van der Waals surface area contributed by atoms with Gasteiger partial charge in [0.25, 0.3) is 0 Å². The molecule has 0 saturated heterocycles. The van der Waals surface area contributed by atoms with E-state index in [0.717, 1.165) is 16.5 Å². The van der Waals surface area contributed by atoms with Crippen molar-refractivity contribution < 1.29 is 18.7 Å². The standard InChI is InChI=1S/C28H20Cl2N2O4/c1-13-9-14(2)23-15(3)26(35-22(23)10-13)28(33)34-16-7-8-17-21(11-16)36-27(32)18(12-31)24(17)25-19(29)5-4-6-20(25)30/h4-11,24H,32H2,1-3H3. The Bertz CT molecular complexity index is 1630. The van der Waals surface area contributed by atoms with Crippen LogP contribution < -0.4 is 15.2 Å². The van der Waals surface area contributed by atoms with Gasteiger partial charge in [-0.25, -0.2) is 4.79 Å². The molecule has 1 aliphatic rings. The number of carbonyl (C=O) groups is 1. The predicted octanol–water partition coefficient (Wildman–Crippen LogP) is 7.10. The van der Waals surface area contributed by atoms with Gasteiger partial charge in [-0.3, -0.25) is 0 Å². The molecule has 5 rings (SSSR count). The van der Waals surface area contributed by atoms with Crippen molar-refractivity contribution in [3.8, 4) is 17.6 Å². The van der Waals surface area contributed by atoms with E-state index in [1.165, 1.54) is 0 Å². The molecule has 0 spiro atoms. The molecule has 180 valence electrons. The van der Waals surface area contributed by atoms with Crippen molar-refractivity contribution in [3.63, 3.8) is 0 Å². The number of nitrogens with zero attached hydrogens (tertiary/aromatic N) is 1. The van der Waals surface area contributed by atoms with Gasteiger partial charge in [-0.2, -0.15) is 5.26 Å². The van der Waals surface area contributed by atoms with E-state index in [1.54, 1.807) is 36.4 Å². The Labute approximate surface area is 217 Å². The summed E-state index contributed by atoms with van der Waals surface area (Å²) in [4.78, 5) is 13.0. The molecule has 1 unspecified atom stereocenters. The highest BCUT2D eigenvalue weighted by atomic mass is 35.5. The summed E-state index contributed by atoms with van der Waals surface area (Å²) in [5.74, 6) is -0.677. The van der Waals surface area contributed by atoms with Crippen molar-refractivity contribution in [3.05, 3.63) is 104 Å². The summed E-state index contributed by atoms with van der Waals surface area (Å²) in [6.07, 6.45) is 0. The zero-order valence-corrected chi connectivity index (χ0v) is 21.1. The van der Waals surface area contributed by atoms with Crippen LogP contribution in [0.3, 0.4) is 0 Å². The molecule has 0 radical (unpaired) electrons. The van der Waals surface area contributed by atoms with Crippen LogP contribution in [-0.2, 0) is 0 Å². The molecular formula is C28H20Cl2N2O4. The molecule has 1 aliphatic heterocycles. The second-order valence-electron chi connectivity index (χ2n) is 8.66. The fourth-order valence-electron chi connectivity index (χ4n) is 4.72. The van der Waals surface area contributed by atoms with Crippen molar-refractivity contribution >= 4 is 40.1 Å². The maximum Gasteiger partial charge on any atom is 0.379 e. The number of hydrogen-bond donors (Lipinski definition) is 1. The topological polar surface area (TPSA) is 98.5 Å². The third kappa shape index (κ3) is 3.87. The number of allylic oxidation sites excluding steroid dienone is 1. The lowest BCUT2D eigenvalue weighted by atomic mass is 9.83. The number of nitrogens with two attached hydrogens (primary N) is 1. The van der Waals surface area contributed by atoms with Gasteiger partial charge in [0.2, 0.25) is 11.6 Å². The van der Waals surface area contributed by atoms with Gasteiger partial charge in [-0.05, 0) is 56.2 Å². The van der Waals surface area contributed by atoms with Crippen LogP contribution in [0, 0.1) is 32.1 Å². The Morgan fingerprint density at radius 1 is 1.08 bits per heavy atom. The van der Waals surface area contributed by atoms with Gasteiger partial charge in [0, 0.05) is 38.2 Å². The van der Waals surface area contributed by atoms with Gasteiger partial charge in [-0.1, -0.05) is 41.4 Å². The number of carbonyl (C=O) groups excluding carboxylic acids is 1. The molecule has 6 nitrogen and oxygen atoms in total. The number of aryl methyl sites for hydroxylation is 3. The van der Waals surface area contributed by atoms with Gasteiger partial charge in [0.1, 0.15) is 28.7 Å². The number of fused-ring (bicyclic) bond motifs is 2. The SMILES string of the molecule is Cc1cc(C)c2c(C)c(C(=O)Oc3ccc4c(c3)OC(N)=C(C#N)C4c3c(Cl)cccc3Cl)oc2c1. The minimum Gasteiger partial charge on any atom is -0.449 e. The van der Waals surface area contributed by atoms with Crippen molar-refractivity contribution in [2.75, 3.05) is 0 Å². The van der Waals surface area contributed by atoms with Crippen LogP contribution in [0.15, 0.2) is 64.4 Å². The van der Waals surface area contributed by atoms with Crippen molar-refractivity contribution in [2.24, 2.45) is 5.73 Å². The molecule has 1 atom stereocenters. The maximum atomic E-state index is 13.0. The summed E-state index contributed by atoms with van der Waals surface area (Å²) in [6, 6.07) is 16.0. The molecular weight excluding hydrogens is 499 g/mol. The first-order valence-electron chi connectivity index (χ1n) is 11.1. The van der Waals surface area contributed by atoms with Crippen LogP contribution >= 0.6 is 23.2 Å². The molecule has 1 aromatic heterocycles. The number of esters is 1. The Morgan fingerprint density at radius 2 is 1.81 bits per heavy atom. The molecule has 3 aromatic carbocycles. The summed E-state index contributed by atoms with van der Waals surface area (Å²) in [7, 11) is 0. The Hall–Kier alpha value is -3.92. The number of rotatable bonds is 3. The predicted molar refractivity (Wildman–Crippen MR) is 138 cm³/mol. The van der Waals surface area contributed by atoms with Crippen molar-refractivity contribution in [1.29, 1.82) is 5.26 Å². The first-order valence-corrected chi connectivity index (χ1v) is 11.8. The highest BCUT2D eigenvalue weighted by Crippen LogP contribution is 2.47. The van der Waals surface area contributed by atoms with E-state index >= 15 is 0 Å². The highest BCUT2D eigenvalue weighted by molar-refractivity contribution is 6.36. The van der Waals surface area contributed by atoms with Crippen molar-refractivity contribution in [2.45, 2.75) is 26.7 Å². The lowest BCUT2D eigenvalue weighted by molar-refractivity contribution is 0.0702. The summed E-state index contributed by atoms with van der Waals surface area (Å²) < 4.78 is 17.2. The van der Waals surface area contributed by atoms with Crippen LogP contribution in [0.1, 0.15) is 44.3 Å². The van der Waals surface area contributed by atoms with Crippen LogP contribution in [-0.4, -0.2) is 5.97 Å². The zero-order chi connectivity index (χ0) is 25.7. The molecule has 8 heteroatoms. The Morgan fingerprint density at radius 3 is 2.50 bits per heavy atom. The smallest absolute Gasteiger partial charge is 0.379 e. The van der Waals surface area contributed by atoms with Gasteiger partial charge in [0.15, 0.2) is 0 Å². The minimum absolute atomic E-state index is 0.0755. The van der Waals surface area contributed by atoms with Gasteiger partial charge in [-0.15, -0.1) is 0 Å². The largest absolute Gasteiger partial charge is 0.449 e. The van der Waals surface area contributed by atoms with Crippen LogP contribution in [0.25, 0.3) is 11.0 Å². The first-order chi connectivity index (χ1) is 17.2. The number of nitriles is 1. The molecule has 0 aliphatic carbocycles. The van der Waals surface area contributed by atoms with Crippen LogP contribution in [0.5, 0.6) is 11.5 Å². The molecule has 36 heavy (non-hydrogen) atoms. The fraction of sp³-hybridized carbons (Fsp3) is 0.143. The molecule has 2 heterocycles. The first kappa shape index (κ1) is 23.8. The normalized spacial score (nSPS) is 14.8. The average Bonchev–Trinajstić information content (AvgIpc) is 3.15. The third-order valence-electron chi connectivity index (χ3n) is 6.25. The second-order valence-corrected chi connectivity index (χ2v) is 9.47. The summed E-state index contributed by atoms with van der Waals surface area (Å²) >= 11 is 12.9. The summed E-state index contributed by atoms with van der Waals surface area (Å²) in [5, 5.41) is 11.5. The lowest BCUT2D eigenvalue weighted by Crippen LogP contribution is -2.21. The Balaban J connectivity index is 1.53. The number of ether oxygens (including phenoxy) is 2. The molecule has 0 amide bonds. The highest BCUT2D eigenvalue weighted by Gasteiger charge is 2.34. The molecule has 0 saturated carbocycles. The number of hydrogen-bond acceptors (Lipinski definition) is 6. The van der Waals surface area contributed by atoms with E-state index in [0.29, 0.717) is 38.1 Å². The fourth-order valence-corrected chi connectivity index (χ4v) is 5.34. The summed E-state index contributed by atoms with van der Waals surface area (Å²) in [6.45, 7) is 5.77. The number of furan rings is 1. The van der Waals surface area contributed by atoms with E-state index in [2.05, 4.69) is 6.07 Å². The monoisotopic (exact) mass is 518 g/mol. The van der Waals surface area contributed by atoms with E-state index < -0.39 is 11.9 Å². The van der Waals surface area contributed by atoms with Crippen LogP contribution in [0.4, 0.5) is 0 Å². The zero-order valence-electron chi connectivity index (χ0n) is 19.6. The molecule has 0 bridgehead atoms. The average molecular weight is 519 g/mol. The van der Waals surface area contributed by atoms with E-state index in [9.17, 15) is 10.1 Å². The van der Waals surface area contributed by atoms with Crippen molar-refractivity contribution in [1.82, 2.24) is 0 Å². The van der Waals surface area contributed by atoms with Gasteiger partial charge >= 0.3 is 5.97 Å². The summed E-state index contributed by atoms with van der Waals surface area (Å²) in [5.41, 5.74) is 10.8. The minimum atomic E-state index is -0.645. The molecule has 0 fully saturated rings. The third-order valence-corrected chi connectivity index (χ3v) is 6.91. The maximum absolute atomic E-state index is 13.0. The van der Waals surface area contributed by atoms with Gasteiger partial charge in [0.05, 0.1) is 5.92 Å². The second kappa shape index (κ2) is 8.94. The molecule has 4 aromatic rings. The molecule has 2 N–H and O–H groups in total. The number of benzene rings is 3. The number of halogens is 2.